The Bertz CT molecular complexity index is 728. The summed E-state index contributed by atoms with van der Waals surface area (Å²) in [4.78, 5) is 21.2. The van der Waals surface area contributed by atoms with Crippen molar-refractivity contribution in [1.29, 1.82) is 0 Å². The van der Waals surface area contributed by atoms with E-state index in [0.29, 0.717) is 12.3 Å². The first-order chi connectivity index (χ1) is 12.6. The van der Waals surface area contributed by atoms with Crippen molar-refractivity contribution in [3.63, 3.8) is 0 Å². The van der Waals surface area contributed by atoms with Crippen LogP contribution in [0, 0.1) is 6.92 Å². The van der Waals surface area contributed by atoms with Crippen LogP contribution in [0.1, 0.15) is 11.1 Å². The average Bonchev–Trinajstić information content (AvgIpc) is 2.64. The Morgan fingerprint density at radius 3 is 2.65 bits per heavy atom. The molecule has 6 heteroatoms. The van der Waals surface area contributed by atoms with Crippen LogP contribution in [-0.4, -0.2) is 60.5 Å². The smallest absolute Gasteiger partial charge is 0.238 e. The topological polar surface area (TPSA) is 57.7 Å². The first kappa shape index (κ1) is 18.4. The van der Waals surface area contributed by atoms with Gasteiger partial charge in [0.2, 0.25) is 5.91 Å². The molecule has 0 unspecified atom stereocenters. The van der Waals surface area contributed by atoms with E-state index in [4.69, 9.17) is 4.74 Å². The third-order valence-electron chi connectivity index (χ3n) is 4.59. The molecule has 138 valence electrons. The Kier molecular flexibility index (Phi) is 6.20. The molecule has 2 heterocycles. The lowest BCUT2D eigenvalue weighted by Gasteiger charge is -2.34. The Labute approximate surface area is 154 Å². The van der Waals surface area contributed by atoms with E-state index in [1.54, 1.807) is 13.3 Å². The highest BCUT2D eigenvalue weighted by molar-refractivity contribution is 5.93. The molecule has 26 heavy (non-hydrogen) atoms. The number of aryl methyl sites for hydroxylation is 1. The van der Waals surface area contributed by atoms with Crippen LogP contribution in [-0.2, 0) is 11.3 Å². The molecule has 6 nitrogen and oxygen atoms in total. The lowest BCUT2D eigenvalue weighted by Crippen LogP contribution is -2.48. The number of ether oxygens (including phenoxy) is 1. The van der Waals surface area contributed by atoms with Gasteiger partial charge in [-0.1, -0.05) is 12.1 Å². The maximum absolute atomic E-state index is 12.4. The summed E-state index contributed by atoms with van der Waals surface area (Å²) in [6, 6.07) is 9.85. The number of carbonyl (C=O) groups is 1. The van der Waals surface area contributed by atoms with E-state index in [2.05, 4.69) is 26.2 Å². The van der Waals surface area contributed by atoms with Crippen molar-refractivity contribution in [3.05, 3.63) is 53.9 Å². The summed E-state index contributed by atoms with van der Waals surface area (Å²) in [5.41, 5.74) is 3.04. The van der Waals surface area contributed by atoms with Gasteiger partial charge >= 0.3 is 0 Å². The molecule has 1 saturated heterocycles. The zero-order valence-corrected chi connectivity index (χ0v) is 15.4. The number of benzene rings is 1. The predicted octanol–water partition coefficient (Wildman–Crippen LogP) is 2.15. The number of pyridine rings is 1. The number of anilines is 1. The zero-order valence-electron chi connectivity index (χ0n) is 15.4. The SMILES string of the molecule is COc1ccc(C)cc1NC(=O)CN1CCN(Cc2cccnc2)CC1. The van der Waals surface area contributed by atoms with Gasteiger partial charge in [-0.2, -0.15) is 0 Å². The molecule has 1 fully saturated rings. The molecule has 0 spiro atoms. The standard InChI is InChI=1S/C20H26N4O2/c1-16-5-6-19(26-2)18(12-16)22-20(25)15-24-10-8-23(9-11-24)14-17-4-3-7-21-13-17/h3-7,12-13H,8-11,14-15H2,1-2H3,(H,22,25). The number of piperazine rings is 1. The molecule has 1 N–H and O–H groups in total. The molecular formula is C20H26N4O2. The van der Waals surface area contributed by atoms with Crippen LogP contribution < -0.4 is 10.1 Å². The molecule has 1 aliphatic heterocycles. The van der Waals surface area contributed by atoms with E-state index >= 15 is 0 Å². The van der Waals surface area contributed by atoms with E-state index in [0.717, 1.165) is 44.0 Å². The van der Waals surface area contributed by atoms with Crippen molar-refractivity contribution in [1.82, 2.24) is 14.8 Å². The molecule has 0 atom stereocenters. The number of nitrogens with zero attached hydrogens (tertiary/aromatic N) is 3. The lowest BCUT2D eigenvalue weighted by molar-refractivity contribution is -0.117. The molecule has 0 radical (unpaired) electrons. The number of carbonyl (C=O) groups excluding carboxylic acids is 1. The van der Waals surface area contributed by atoms with Crippen molar-refractivity contribution in [2.45, 2.75) is 13.5 Å². The fourth-order valence-corrected chi connectivity index (χ4v) is 3.17. The Morgan fingerprint density at radius 1 is 1.19 bits per heavy atom. The number of methoxy groups -OCH3 is 1. The van der Waals surface area contributed by atoms with Crippen molar-refractivity contribution < 1.29 is 9.53 Å². The highest BCUT2D eigenvalue weighted by Crippen LogP contribution is 2.25. The van der Waals surface area contributed by atoms with Gasteiger partial charge in [0.25, 0.3) is 0 Å². The largest absolute Gasteiger partial charge is 0.495 e. The highest BCUT2D eigenvalue weighted by atomic mass is 16.5. The third kappa shape index (κ3) is 5.03. The average molecular weight is 354 g/mol. The summed E-state index contributed by atoms with van der Waals surface area (Å²) in [5.74, 6) is 0.680. The molecule has 0 bridgehead atoms. The van der Waals surface area contributed by atoms with Crippen LogP contribution in [0.15, 0.2) is 42.7 Å². The number of nitrogens with one attached hydrogen (secondary N) is 1. The number of hydrogen-bond donors (Lipinski definition) is 1. The molecular weight excluding hydrogens is 328 g/mol. The quantitative estimate of drug-likeness (QED) is 0.861. The van der Waals surface area contributed by atoms with Gasteiger partial charge in [-0.3, -0.25) is 19.6 Å². The zero-order chi connectivity index (χ0) is 18.4. The Morgan fingerprint density at radius 2 is 1.96 bits per heavy atom. The van der Waals surface area contributed by atoms with Gasteiger partial charge in [-0.15, -0.1) is 0 Å². The van der Waals surface area contributed by atoms with Crippen molar-refractivity contribution >= 4 is 11.6 Å². The highest BCUT2D eigenvalue weighted by Gasteiger charge is 2.19. The molecule has 1 aromatic carbocycles. The van der Waals surface area contributed by atoms with Crippen LogP contribution in [0.2, 0.25) is 0 Å². The minimum absolute atomic E-state index is 0.00499. The second kappa shape index (κ2) is 8.78. The minimum Gasteiger partial charge on any atom is -0.495 e. The molecule has 2 aromatic rings. The van der Waals surface area contributed by atoms with Crippen LogP contribution in [0.4, 0.5) is 5.69 Å². The molecule has 1 amide bonds. The van der Waals surface area contributed by atoms with E-state index < -0.39 is 0 Å². The first-order valence-electron chi connectivity index (χ1n) is 8.92. The normalized spacial score (nSPS) is 15.6. The maximum Gasteiger partial charge on any atom is 0.238 e. The van der Waals surface area contributed by atoms with Crippen molar-refractivity contribution in [2.24, 2.45) is 0 Å². The third-order valence-corrected chi connectivity index (χ3v) is 4.59. The van der Waals surface area contributed by atoms with E-state index in [1.807, 2.05) is 37.4 Å². The van der Waals surface area contributed by atoms with Crippen molar-refractivity contribution in [3.8, 4) is 5.75 Å². The van der Waals surface area contributed by atoms with Crippen LogP contribution in [0.25, 0.3) is 0 Å². The van der Waals surface area contributed by atoms with Gasteiger partial charge in [-0.05, 0) is 36.2 Å². The summed E-state index contributed by atoms with van der Waals surface area (Å²) >= 11 is 0. The summed E-state index contributed by atoms with van der Waals surface area (Å²) in [7, 11) is 1.61. The second-order valence-corrected chi connectivity index (χ2v) is 6.67. The summed E-state index contributed by atoms with van der Waals surface area (Å²) in [6.45, 7) is 6.99. The summed E-state index contributed by atoms with van der Waals surface area (Å²) in [5, 5.41) is 2.97. The molecule has 3 rings (SSSR count). The summed E-state index contributed by atoms with van der Waals surface area (Å²) in [6.07, 6.45) is 3.71. The van der Waals surface area contributed by atoms with Gasteiger partial charge in [0.1, 0.15) is 5.75 Å². The molecule has 1 aromatic heterocycles. The maximum atomic E-state index is 12.4. The molecule has 0 aliphatic carbocycles. The second-order valence-electron chi connectivity index (χ2n) is 6.67. The summed E-state index contributed by atoms with van der Waals surface area (Å²) < 4.78 is 5.32. The van der Waals surface area contributed by atoms with Gasteiger partial charge in [0, 0.05) is 45.1 Å². The Balaban J connectivity index is 1.47. The van der Waals surface area contributed by atoms with Crippen LogP contribution in [0.3, 0.4) is 0 Å². The minimum atomic E-state index is -0.00499. The van der Waals surface area contributed by atoms with Crippen LogP contribution in [0.5, 0.6) is 5.75 Å². The number of hydrogen-bond acceptors (Lipinski definition) is 5. The van der Waals surface area contributed by atoms with Crippen molar-refractivity contribution in [2.75, 3.05) is 45.2 Å². The Hall–Kier alpha value is -2.44. The molecule has 0 saturated carbocycles. The van der Waals surface area contributed by atoms with Gasteiger partial charge < -0.3 is 10.1 Å². The number of aromatic nitrogens is 1. The molecule has 1 aliphatic rings. The number of amides is 1. The van der Waals surface area contributed by atoms with Gasteiger partial charge in [0.15, 0.2) is 0 Å². The number of rotatable bonds is 6. The van der Waals surface area contributed by atoms with Gasteiger partial charge in [0.05, 0.1) is 19.3 Å². The van der Waals surface area contributed by atoms with E-state index in [-0.39, 0.29) is 5.91 Å². The van der Waals surface area contributed by atoms with Crippen LogP contribution >= 0.6 is 0 Å². The lowest BCUT2D eigenvalue weighted by atomic mass is 10.2. The fourth-order valence-electron chi connectivity index (χ4n) is 3.17. The van der Waals surface area contributed by atoms with Gasteiger partial charge in [-0.25, -0.2) is 0 Å². The predicted molar refractivity (Wildman–Crippen MR) is 102 cm³/mol. The monoisotopic (exact) mass is 354 g/mol. The van der Waals surface area contributed by atoms with E-state index in [1.165, 1.54) is 5.56 Å². The van der Waals surface area contributed by atoms with E-state index in [9.17, 15) is 4.79 Å². The first-order valence-corrected chi connectivity index (χ1v) is 8.92. The fraction of sp³-hybridized carbons (Fsp3) is 0.400.